The molecule has 0 aliphatic rings. The fourth-order valence-corrected chi connectivity index (χ4v) is 7.99. The van der Waals surface area contributed by atoms with Crippen LogP contribution in [-0.2, 0) is 0 Å². The number of fused-ring (bicyclic) bond motifs is 10. The molecule has 0 radical (unpaired) electrons. The second-order valence-electron chi connectivity index (χ2n) is 12.9. The number of nitrogens with zero attached hydrogens (tertiary/aromatic N) is 1. The largest absolute Gasteiger partial charge is 0.309 e. The van der Waals surface area contributed by atoms with Crippen LogP contribution < -0.4 is 0 Å². The number of hydrogen-bond donors (Lipinski definition) is 0. The molecular weight excluding hydrogens is 591 g/mol. The van der Waals surface area contributed by atoms with Gasteiger partial charge in [-0.1, -0.05) is 146 Å². The third-order valence-electron chi connectivity index (χ3n) is 10.1. The molecule has 10 rings (SSSR count). The zero-order chi connectivity index (χ0) is 32.3. The van der Waals surface area contributed by atoms with Crippen molar-refractivity contribution in [3.05, 3.63) is 188 Å². The summed E-state index contributed by atoms with van der Waals surface area (Å²) in [5, 5.41) is 10.2. The smallest absolute Gasteiger partial charge is 0.0626 e. The molecule has 0 aliphatic carbocycles. The fraction of sp³-hybridized carbons (Fsp3) is 0. The quantitative estimate of drug-likeness (QED) is 0.172. The first-order valence-corrected chi connectivity index (χ1v) is 16.9. The Morgan fingerprint density at radius 2 is 0.776 bits per heavy atom. The highest BCUT2D eigenvalue weighted by molar-refractivity contribution is 6.38. The predicted molar refractivity (Wildman–Crippen MR) is 210 cm³/mol. The summed E-state index contributed by atoms with van der Waals surface area (Å²) in [6, 6.07) is 68.7. The van der Waals surface area contributed by atoms with Crippen LogP contribution in [0.4, 0.5) is 0 Å². The maximum atomic E-state index is 2.47. The van der Waals surface area contributed by atoms with Gasteiger partial charge in [0, 0.05) is 27.2 Å². The van der Waals surface area contributed by atoms with Gasteiger partial charge in [0.05, 0.1) is 11.0 Å². The van der Waals surface area contributed by atoms with Crippen molar-refractivity contribution in [2.45, 2.75) is 0 Å². The average Bonchev–Trinajstić information content (AvgIpc) is 3.54. The summed E-state index contributed by atoms with van der Waals surface area (Å²) in [6.07, 6.45) is 0. The molecule has 0 spiro atoms. The minimum atomic E-state index is 1.17. The highest BCUT2D eigenvalue weighted by atomic mass is 15.0. The van der Waals surface area contributed by atoms with E-state index < -0.39 is 0 Å². The van der Waals surface area contributed by atoms with Gasteiger partial charge in [-0.3, -0.25) is 0 Å². The summed E-state index contributed by atoms with van der Waals surface area (Å²) in [6.45, 7) is 0. The fourth-order valence-electron chi connectivity index (χ4n) is 7.99. The van der Waals surface area contributed by atoms with E-state index in [1.165, 1.54) is 93.2 Å². The summed E-state index contributed by atoms with van der Waals surface area (Å²) in [5.41, 5.74) is 11.0. The molecule has 49 heavy (non-hydrogen) atoms. The van der Waals surface area contributed by atoms with Crippen LogP contribution in [0, 0.1) is 0 Å². The lowest BCUT2D eigenvalue weighted by Gasteiger charge is -2.17. The highest BCUT2D eigenvalue weighted by Crippen LogP contribution is 2.47. The Kier molecular flexibility index (Phi) is 6.25. The Morgan fingerprint density at radius 1 is 0.286 bits per heavy atom. The van der Waals surface area contributed by atoms with Crippen LogP contribution >= 0.6 is 0 Å². The number of para-hydroxylation sites is 2. The van der Waals surface area contributed by atoms with E-state index in [9.17, 15) is 0 Å². The normalized spacial score (nSPS) is 11.7. The van der Waals surface area contributed by atoms with E-state index in [4.69, 9.17) is 0 Å². The second-order valence-corrected chi connectivity index (χ2v) is 12.9. The molecule has 0 fully saturated rings. The van der Waals surface area contributed by atoms with Gasteiger partial charge >= 0.3 is 0 Å². The molecule has 10 aromatic rings. The van der Waals surface area contributed by atoms with Crippen molar-refractivity contribution >= 4 is 54.1 Å². The minimum Gasteiger partial charge on any atom is -0.309 e. The number of rotatable bonds is 4. The number of hydrogen-bond acceptors (Lipinski definition) is 0. The first-order chi connectivity index (χ1) is 24.3. The van der Waals surface area contributed by atoms with Gasteiger partial charge in [-0.15, -0.1) is 0 Å². The number of aromatic nitrogens is 1. The Morgan fingerprint density at radius 3 is 1.43 bits per heavy atom. The van der Waals surface area contributed by atoms with Gasteiger partial charge in [0.2, 0.25) is 0 Å². The van der Waals surface area contributed by atoms with Gasteiger partial charge in [0.25, 0.3) is 0 Å². The molecule has 1 nitrogen and oxygen atoms in total. The minimum absolute atomic E-state index is 1.17. The van der Waals surface area contributed by atoms with E-state index in [1.54, 1.807) is 0 Å². The summed E-state index contributed by atoms with van der Waals surface area (Å²) in [7, 11) is 0. The topological polar surface area (TPSA) is 4.93 Å². The van der Waals surface area contributed by atoms with Crippen molar-refractivity contribution in [3.8, 4) is 39.1 Å². The van der Waals surface area contributed by atoms with Crippen molar-refractivity contribution < 1.29 is 0 Å². The Balaban J connectivity index is 1.38. The van der Waals surface area contributed by atoms with E-state index in [1.807, 2.05) is 0 Å². The maximum absolute atomic E-state index is 2.47. The van der Waals surface area contributed by atoms with E-state index in [0.29, 0.717) is 0 Å². The summed E-state index contributed by atoms with van der Waals surface area (Å²) in [4.78, 5) is 0. The van der Waals surface area contributed by atoms with Crippen molar-refractivity contribution in [2.75, 3.05) is 0 Å². The zero-order valence-electron chi connectivity index (χ0n) is 26.8. The van der Waals surface area contributed by atoms with Crippen LogP contribution in [0.1, 0.15) is 0 Å². The van der Waals surface area contributed by atoms with Gasteiger partial charge in [0.15, 0.2) is 0 Å². The van der Waals surface area contributed by atoms with Crippen LogP contribution in [0.15, 0.2) is 188 Å². The Bertz CT molecular complexity index is 2790. The first kappa shape index (κ1) is 27.7. The highest BCUT2D eigenvalue weighted by Gasteiger charge is 2.22. The molecule has 0 atom stereocenters. The molecule has 1 aromatic heterocycles. The van der Waals surface area contributed by atoms with Crippen LogP contribution in [0.25, 0.3) is 93.2 Å². The summed E-state index contributed by atoms with van der Waals surface area (Å²) in [5.74, 6) is 0. The lowest BCUT2D eigenvalue weighted by Crippen LogP contribution is -1.95. The zero-order valence-corrected chi connectivity index (χ0v) is 26.8. The lowest BCUT2D eigenvalue weighted by molar-refractivity contribution is 1.19. The standard InChI is InChI=1S/C48H31N/c1-4-16-32(17-5-1)34-28-35(33-18-6-2-7-19-33)30-36(29-34)43-31-44-39-23-11-13-25-41(39)48-47(46(44)40-24-12-10-22-38(40)43)42-26-14-15-27-45(42)49(48)37-20-8-3-9-21-37/h1-31H. The maximum Gasteiger partial charge on any atom is 0.0626 e. The lowest BCUT2D eigenvalue weighted by atomic mass is 9.86. The van der Waals surface area contributed by atoms with Crippen LogP contribution in [0.2, 0.25) is 0 Å². The SMILES string of the molecule is c1ccc(-c2cc(-c3ccccc3)cc(-c3cc4c5ccccc5c5c(c6ccccc6n5-c5ccccc5)c4c4ccccc34)c2)cc1. The van der Waals surface area contributed by atoms with Gasteiger partial charge in [0.1, 0.15) is 0 Å². The van der Waals surface area contributed by atoms with Gasteiger partial charge in [-0.2, -0.15) is 0 Å². The summed E-state index contributed by atoms with van der Waals surface area (Å²) >= 11 is 0. The molecule has 0 aliphatic heterocycles. The molecule has 0 saturated carbocycles. The van der Waals surface area contributed by atoms with Crippen molar-refractivity contribution in [1.29, 1.82) is 0 Å². The molecule has 0 N–H and O–H groups in total. The average molecular weight is 622 g/mol. The molecule has 1 heteroatoms. The van der Waals surface area contributed by atoms with Crippen molar-refractivity contribution in [3.63, 3.8) is 0 Å². The van der Waals surface area contributed by atoms with Gasteiger partial charge < -0.3 is 4.57 Å². The first-order valence-electron chi connectivity index (χ1n) is 16.9. The Hall–Kier alpha value is -6.44. The summed E-state index contributed by atoms with van der Waals surface area (Å²) < 4.78 is 2.46. The number of benzene rings is 9. The third kappa shape index (κ3) is 4.33. The van der Waals surface area contributed by atoms with Crippen LogP contribution in [0.5, 0.6) is 0 Å². The Labute approximate surface area is 284 Å². The second kappa shape index (κ2) is 11.1. The molecule has 0 saturated heterocycles. The predicted octanol–water partition coefficient (Wildman–Crippen LogP) is 13.2. The molecule has 0 unspecified atom stereocenters. The van der Waals surface area contributed by atoms with Crippen LogP contribution in [0.3, 0.4) is 0 Å². The van der Waals surface area contributed by atoms with Crippen LogP contribution in [-0.4, -0.2) is 4.57 Å². The molecule has 1 heterocycles. The monoisotopic (exact) mass is 621 g/mol. The molecule has 0 bridgehead atoms. The molecular formula is C48H31N. The van der Waals surface area contributed by atoms with E-state index in [-0.39, 0.29) is 0 Å². The molecule has 228 valence electrons. The van der Waals surface area contributed by atoms with Gasteiger partial charge in [-0.05, 0) is 97.4 Å². The van der Waals surface area contributed by atoms with E-state index in [0.717, 1.165) is 0 Å². The third-order valence-corrected chi connectivity index (χ3v) is 10.1. The molecule has 9 aromatic carbocycles. The van der Waals surface area contributed by atoms with Crippen molar-refractivity contribution in [2.24, 2.45) is 0 Å². The van der Waals surface area contributed by atoms with E-state index in [2.05, 4.69) is 193 Å². The van der Waals surface area contributed by atoms with Crippen molar-refractivity contribution in [1.82, 2.24) is 4.57 Å². The molecule has 0 amide bonds. The van der Waals surface area contributed by atoms with E-state index >= 15 is 0 Å². The van der Waals surface area contributed by atoms with Gasteiger partial charge in [-0.25, -0.2) is 0 Å².